The van der Waals surface area contributed by atoms with Crippen LogP contribution in [0, 0.1) is 0 Å². The lowest BCUT2D eigenvalue weighted by Gasteiger charge is -2.45. The van der Waals surface area contributed by atoms with Gasteiger partial charge >= 0.3 is 0 Å². The summed E-state index contributed by atoms with van der Waals surface area (Å²) < 4.78 is 2.43. The van der Waals surface area contributed by atoms with E-state index in [1.807, 2.05) is 0 Å². The minimum atomic E-state index is -0.0467. The summed E-state index contributed by atoms with van der Waals surface area (Å²) in [5, 5.41) is 3.59. The van der Waals surface area contributed by atoms with Crippen LogP contribution in [0.2, 0.25) is 0 Å². The monoisotopic (exact) mass is 911 g/mol. The third-order valence-corrected chi connectivity index (χ3v) is 15.4. The van der Waals surface area contributed by atoms with Gasteiger partial charge in [0.2, 0.25) is 0 Å². The van der Waals surface area contributed by atoms with Gasteiger partial charge in [-0.25, -0.2) is 4.98 Å². The number of fused-ring (bicyclic) bond motifs is 12. The topological polar surface area (TPSA) is 23.8 Å². The molecule has 0 radical (unpaired) electrons. The van der Waals surface area contributed by atoms with Crippen LogP contribution in [0.1, 0.15) is 105 Å². The lowest BCUT2D eigenvalue weighted by Crippen LogP contribution is -2.61. The van der Waals surface area contributed by atoms with E-state index in [1.165, 1.54) is 72.2 Å². The van der Waals surface area contributed by atoms with Crippen LogP contribution in [0.25, 0.3) is 49.5 Å². The normalized spacial score (nSPS) is 13.9. The highest BCUT2D eigenvalue weighted by molar-refractivity contribution is 7.00. The third kappa shape index (κ3) is 6.83. The molecule has 0 saturated heterocycles. The zero-order valence-corrected chi connectivity index (χ0v) is 43.0. The molecule has 2 aliphatic heterocycles. The van der Waals surface area contributed by atoms with Gasteiger partial charge in [0.25, 0.3) is 6.71 Å². The van der Waals surface area contributed by atoms with E-state index in [0.29, 0.717) is 0 Å². The molecule has 2 aliphatic rings. The van der Waals surface area contributed by atoms with E-state index in [2.05, 4.69) is 261 Å². The first-order valence-electron chi connectivity index (χ1n) is 25.2. The molecule has 4 nitrogen and oxygen atoms in total. The standard InChI is InChI=1S/C65H63BN4/c1-62(2,3)41-24-30-45(31-25-41)68-55-34-28-43(64(7,8)9)38-51(55)66-52-39-44(65(10,11)12)29-35-56(52)69(46-32-26-42(27-33-46)63(4,5)6)58-37-40(36-57(68)59(58)66)47-21-17-22-53-60(47)70-54-23-16-15-19-49(54)48-18-13-14-20-50(48)61(70)67-53/h13-39H,1-12H3. The Morgan fingerprint density at radius 1 is 0.400 bits per heavy atom. The van der Waals surface area contributed by atoms with Crippen LogP contribution in [0.3, 0.4) is 0 Å². The SMILES string of the molecule is CC(C)(C)c1ccc(N2c3ccc(C(C)(C)C)cc3B3c4cc(C(C)(C)C)ccc4N(c4ccc(C(C)(C)C)cc4)c4cc(-c5cccc6nc7c8ccccc8c8ccccc8n7c56)cc2c43)cc1. The fourth-order valence-corrected chi connectivity index (χ4v) is 11.5. The maximum atomic E-state index is 5.47. The molecule has 12 rings (SSSR count). The molecule has 70 heavy (non-hydrogen) atoms. The summed E-state index contributed by atoms with van der Waals surface area (Å²) >= 11 is 0. The molecule has 346 valence electrons. The lowest BCUT2D eigenvalue weighted by molar-refractivity contribution is 0.590. The van der Waals surface area contributed by atoms with E-state index in [9.17, 15) is 0 Å². The minimum Gasteiger partial charge on any atom is -0.311 e. The van der Waals surface area contributed by atoms with E-state index in [-0.39, 0.29) is 28.4 Å². The van der Waals surface area contributed by atoms with Crippen molar-refractivity contribution in [3.8, 4) is 11.1 Å². The molecule has 0 saturated carbocycles. The van der Waals surface area contributed by atoms with Crippen LogP contribution in [0.5, 0.6) is 0 Å². The van der Waals surface area contributed by atoms with Gasteiger partial charge in [-0.05, 0) is 132 Å². The zero-order valence-electron chi connectivity index (χ0n) is 43.0. The van der Waals surface area contributed by atoms with Gasteiger partial charge in [0, 0.05) is 50.5 Å². The molecule has 2 aromatic heterocycles. The number of pyridine rings is 1. The fourth-order valence-electron chi connectivity index (χ4n) is 11.5. The molecule has 0 aliphatic carbocycles. The Hall–Kier alpha value is -7.11. The molecule has 4 heterocycles. The smallest absolute Gasteiger partial charge is 0.252 e. The van der Waals surface area contributed by atoms with E-state index in [1.54, 1.807) is 0 Å². The number of imidazole rings is 1. The average molecular weight is 911 g/mol. The van der Waals surface area contributed by atoms with Crippen molar-refractivity contribution in [3.63, 3.8) is 0 Å². The van der Waals surface area contributed by atoms with Crippen LogP contribution in [-0.2, 0) is 21.7 Å². The van der Waals surface area contributed by atoms with Crippen molar-refractivity contribution in [1.29, 1.82) is 0 Å². The highest BCUT2D eigenvalue weighted by atomic mass is 15.2. The number of aromatic nitrogens is 2. The van der Waals surface area contributed by atoms with Crippen molar-refractivity contribution in [3.05, 3.63) is 186 Å². The number of nitrogens with zero attached hydrogens (tertiary/aromatic N) is 4. The summed E-state index contributed by atoms with van der Waals surface area (Å²) in [6.45, 7) is 27.8. The Morgan fingerprint density at radius 3 is 1.36 bits per heavy atom. The molecule has 8 aromatic carbocycles. The molecule has 0 unspecified atom stereocenters. The van der Waals surface area contributed by atoms with E-state index in [4.69, 9.17) is 4.98 Å². The number of hydrogen-bond donors (Lipinski definition) is 0. The van der Waals surface area contributed by atoms with Gasteiger partial charge in [-0.2, -0.15) is 0 Å². The molecule has 0 atom stereocenters. The number of benzene rings is 8. The van der Waals surface area contributed by atoms with Crippen molar-refractivity contribution < 1.29 is 0 Å². The van der Waals surface area contributed by atoms with Gasteiger partial charge < -0.3 is 9.80 Å². The van der Waals surface area contributed by atoms with Crippen LogP contribution in [0.15, 0.2) is 164 Å². The Balaban J connectivity index is 1.23. The van der Waals surface area contributed by atoms with Crippen LogP contribution in [0.4, 0.5) is 34.1 Å². The van der Waals surface area contributed by atoms with E-state index in [0.717, 1.165) is 50.1 Å². The molecule has 10 aromatic rings. The number of rotatable bonds is 3. The van der Waals surface area contributed by atoms with Gasteiger partial charge in [0.1, 0.15) is 5.65 Å². The second-order valence-corrected chi connectivity index (χ2v) is 24.2. The molecule has 5 heteroatoms. The quantitative estimate of drug-likeness (QED) is 0.130. The number of hydrogen-bond acceptors (Lipinski definition) is 3. The lowest BCUT2D eigenvalue weighted by atomic mass is 9.33. The summed E-state index contributed by atoms with van der Waals surface area (Å²) in [6, 6.07) is 62.6. The Morgan fingerprint density at radius 2 is 0.857 bits per heavy atom. The Bertz CT molecular complexity index is 3610. The molecule has 0 fully saturated rings. The first-order valence-corrected chi connectivity index (χ1v) is 25.2. The number of para-hydroxylation sites is 2. The van der Waals surface area contributed by atoms with Gasteiger partial charge in [0.15, 0.2) is 0 Å². The van der Waals surface area contributed by atoms with E-state index < -0.39 is 0 Å². The Labute approximate surface area is 414 Å². The summed E-state index contributed by atoms with van der Waals surface area (Å²) in [6.07, 6.45) is 0. The molecular weight excluding hydrogens is 848 g/mol. The Kier molecular flexibility index (Phi) is 9.58. The summed E-state index contributed by atoms with van der Waals surface area (Å²) in [5.41, 5.74) is 22.9. The van der Waals surface area contributed by atoms with Crippen molar-refractivity contribution in [2.75, 3.05) is 9.80 Å². The predicted molar refractivity (Wildman–Crippen MR) is 302 cm³/mol. The third-order valence-electron chi connectivity index (χ3n) is 15.4. The van der Waals surface area contributed by atoms with Gasteiger partial charge in [0.05, 0.1) is 16.6 Å². The van der Waals surface area contributed by atoms with Crippen molar-refractivity contribution in [2.24, 2.45) is 0 Å². The minimum absolute atomic E-state index is 0.0177. The maximum absolute atomic E-state index is 5.47. The molecule has 0 spiro atoms. The second-order valence-electron chi connectivity index (χ2n) is 24.2. The summed E-state index contributed by atoms with van der Waals surface area (Å²) in [4.78, 5) is 10.6. The van der Waals surface area contributed by atoms with Crippen molar-refractivity contribution >= 4 is 95.6 Å². The maximum Gasteiger partial charge on any atom is 0.252 e. The second kappa shape index (κ2) is 15.2. The largest absolute Gasteiger partial charge is 0.311 e. The number of anilines is 6. The first-order chi connectivity index (χ1) is 33.3. The van der Waals surface area contributed by atoms with Crippen molar-refractivity contribution in [2.45, 2.75) is 105 Å². The summed E-state index contributed by atoms with van der Waals surface area (Å²) in [7, 11) is 0. The predicted octanol–water partition coefficient (Wildman–Crippen LogP) is 15.7. The van der Waals surface area contributed by atoms with Crippen LogP contribution < -0.4 is 26.2 Å². The summed E-state index contributed by atoms with van der Waals surface area (Å²) in [5.74, 6) is 0. The van der Waals surface area contributed by atoms with Gasteiger partial charge in [-0.1, -0.05) is 186 Å². The van der Waals surface area contributed by atoms with Crippen molar-refractivity contribution in [1.82, 2.24) is 9.38 Å². The molecular formula is C65H63BN4. The average Bonchev–Trinajstić information content (AvgIpc) is 3.73. The fraction of sp³-hybridized carbons (Fsp3) is 0.246. The van der Waals surface area contributed by atoms with Crippen LogP contribution in [-0.4, -0.2) is 16.1 Å². The molecule has 0 N–H and O–H groups in total. The van der Waals surface area contributed by atoms with E-state index >= 15 is 0 Å². The zero-order chi connectivity index (χ0) is 48.8. The van der Waals surface area contributed by atoms with Gasteiger partial charge in [-0.3, -0.25) is 4.40 Å². The highest BCUT2D eigenvalue weighted by Crippen LogP contribution is 2.48. The first kappa shape index (κ1) is 44.1. The molecule has 0 bridgehead atoms. The highest BCUT2D eigenvalue weighted by Gasteiger charge is 2.45. The van der Waals surface area contributed by atoms with Crippen LogP contribution >= 0.6 is 0 Å². The van der Waals surface area contributed by atoms with Gasteiger partial charge in [-0.15, -0.1) is 0 Å². The molecule has 0 amide bonds.